The van der Waals surface area contributed by atoms with E-state index in [4.69, 9.17) is 10.5 Å². The zero-order chi connectivity index (χ0) is 13.8. The molecular weight excluding hydrogens is 236 g/mol. The Bertz CT molecular complexity index is 390. The van der Waals surface area contributed by atoms with Gasteiger partial charge in [-0.25, -0.2) is 0 Å². The normalized spacial score (nSPS) is 25.5. The van der Waals surface area contributed by atoms with Gasteiger partial charge >= 0.3 is 0 Å². The number of benzene rings is 1. The molecule has 1 saturated heterocycles. The molecule has 1 aromatic carbocycles. The predicted molar refractivity (Wildman–Crippen MR) is 79.4 cm³/mol. The van der Waals surface area contributed by atoms with E-state index in [2.05, 4.69) is 30.9 Å². The van der Waals surface area contributed by atoms with E-state index in [1.807, 2.05) is 19.1 Å². The van der Waals surface area contributed by atoms with E-state index in [0.29, 0.717) is 25.2 Å². The van der Waals surface area contributed by atoms with Crippen LogP contribution in [0.25, 0.3) is 0 Å². The number of nitrogens with two attached hydrogens (primary N) is 1. The second-order valence-corrected chi connectivity index (χ2v) is 5.64. The van der Waals surface area contributed by atoms with Crippen molar-refractivity contribution < 1.29 is 4.74 Å². The number of likely N-dealkylation sites (tertiary alicyclic amines) is 1. The van der Waals surface area contributed by atoms with Crippen LogP contribution in [0.1, 0.15) is 38.8 Å². The standard InChI is InChI=1S/C16H26N2O/c1-4-19-15-7-5-14(6-8-15)16(10-17)18-11-12(2)9-13(18)3/h5-8,12-13,16H,4,9-11,17H2,1-3H3. The minimum absolute atomic E-state index is 0.329. The lowest BCUT2D eigenvalue weighted by Crippen LogP contribution is -2.36. The number of ether oxygens (including phenoxy) is 1. The summed E-state index contributed by atoms with van der Waals surface area (Å²) in [6.07, 6.45) is 1.27. The molecule has 3 unspecified atom stereocenters. The molecule has 1 aromatic rings. The summed E-state index contributed by atoms with van der Waals surface area (Å²) in [6.45, 7) is 9.16. The average molecular weight is 262 g/mol. The lowest BCUT2D eigenvalue weighted by molar-refractivity contribution is 0.192. The van der Waals surface area contributed by atoms with Crippen molar-refractivity contribution >= 4 is 0 Å². The first-order valence-corrected chi connectivity index (χ1v) is 7.34. The molecule has 3 atom stereocenters. The predicted octanol–water partition coefficient (Wildman–Crippen LogP) is 2.82. The second-order valence-electron chi connectivity index (χ2n) is 5.64. The van der Waals surface area contributed by atoms with E-state index in [9.17, 15) is 0 Å². The van der Waals surface area contributed by atoms with E-state index in [-0.39, 0.29) is 0 Å². The van der Waals surface area contributed by atoms with E-state index in [0.717, 1.165) is 18.2 Å². The summed E-state index contributed by atoms with van der Waals surface area (Å²) in [5.74, 6) is 1.71. The molecule has 1 aliphatic rings. The lowest BCUT2D eigenvalue weighted by atomic mass is 10.0. The quantitative estimate of drug-likeness (QED) is 0.887. The van der Waals surface area contributed by atoms with Gasteiger partial charge in [0.25, 0.3) is 0 Å². The highest BCUT2D eigenvalue weighted by atomic mass is 16.5. The van der Waals surface area contributed by atoms with Crippen LogP contribution in [0.4, 0.5) is 0 Å². The lowest BCUT2D eigenvalue weighted by Gasteiger charge is -2.31. The van der Waals surface area contributed by atoms with Crippen molar-refractivity contribution in [2.45, 2.75) is 39.3 Å². The van der Waals surface area contributed by atoms with Crippen molar-refractivity contribution in [2.75, 3.05) is 19.7 Å². The molecule has 1 fully saturated rings. The van der Waals surface area contributed by atoms with Gasteiger partial charge in [0.05, 0.1) is 6.61 Å². The molecule has 19 heavy (non-hydrogen) atoms. The summed E-state index contributed by atoms with van der Waals surface area (Å²) >= 11 is 0. The van der Waals surface area contributed by atoms with E-state index < -0.39 is 0 Å². The molecule has 0 saturated carbocycles. The van der Waals surface area contributed by atoms with E-state index in [1.54, 1.807) is 0 Å². The van der Waals surface area contributed by atoms with Crippen molar-refractivity contribution in [3.05, 3.63) is 29.8 Å². The van der Waals surface area contributed by atoms with E-state index >= 15 is 0 Å². The molecule has 0 radical (unpaired) electrons. The third-order valence-electron chi connectivity index (χ3n) is 4.03. The van der Waals surface area contributed by atoms with Gasteiger partial charge in [-0.1, -0.05) is 19.1 Å². The molecule has 0 spiro atoms. The van der Waals surface area contributed by atoms with Crippen LogP contribution in [0, 0.1) is 5.92 Å². The van der Waals surface area contributed by atoms with Gasteiger partial charge in [-0.3, -0.25) is 4.90 Å². The fourth-order valence-corrected chi connectivity index (χ4v) is 3.18. The van der Waals surface area contributed by atoms with Crippen LogP contribution < -0.4 is 10.5 Å². The van der Waals surface area contributed by atoms with Crippen molar-refractivity contribution in [1.29, 1.82) is 0 Å². The van der Waals surface area contributed by atoms with Crippen LogP contribution in [0.2, 0.25) is 0 Å². The van der Waals surface area contributed by atoms with Crippen LogP contribution in [0.15, 0.2) is 24.3 Å². The van der Waals surface area contributed by atoms with Crippen LogP contribution in [0.5, 0.6) is 5.75 Å². The number of rotatable bonds is 5. The van der Waals surface area contributed by atoms with Gasteiger partial charge < -0.3 is 10.5 Å². The Morgan fingerprint density at radius 2 is 2.00 bits per heavy atom. The Hall–Kier alpha value is -1.06. The Labute approximate surface area is 116 Å². The summed E-state index contributed by atoms with van der Waals surface area (Å²) in [5.41, 5.74) is 7.31. The Morgan fingerprint density at radius 1 is 1.32 bits per heavy atom. The van der Waals surface area contributed by atoms with Crippen LogP contribution in [0.3, 0.4) is 0 Å². The number of nitrogens with zero attached hydrogens (tertiary/aromatic N) is 1. The minimum atomic E-state index is 0.329. The summed E-state index contributed by atoms with van der Waals surface area (Å²) < 4.78 is 5.49. The summed E-state index contributed by atoms with van der Waals surface area (Å²) in [7, 11) is 0. The van der Waals surface area contributed by atoms with Gasteiger partial charge in [-0.2, -0.15) is 0 Å². The Morgan fingerprint density at radius 3 is 2.47 bits per heavy atom. The highest BCUT2D eigenvalue weighted by Gasteiger charge is 2.31. The van der Waals surface area contributed by atoms with Crippen LogP contribution in [-0.4, -0.2) is 30.6 Å². The average Bonchev–Trinajstić information content (AvgIpc) is 2.72. The maximum Gasteiger partial charge on any atom is 0.119 e. The number of hydrogen-bond donors (Lipinski definition) is 1. The van der Waals surface area contributed by atoms with Crippen molar-refractivity contribution in [1.82, 2.24) is 4.90 Å². The maximum absolute atomic E-state index is 6.02. The largest absolute Gasteiger partial charge is 0.494 e. The summed E-state index contributed by atoms with van der Waals surface area (Å²) in [5, 5.41) is 0. The van der Waals surface area contributed by atoms with Gasteiger partial charge in [0.15, 0.2) is 0 Å². The molecule has 2 N–H and O–H groups in total. The maximum atomic E-state index is 6.02. The summed E-state index contributed by atoms with van der Waals surface area (Å²) in [6, 6.07) is 9.35. The van der Waals surface area contributed by atoms with Crippen molar-refractivity contribution in [3.63, 3.8) is 0 Å². The third-order valence-corrected chi connectivity index (χ3v) is 4.03. The van der Waals surface area contributed by atoms with Gasteiger partial charge in [0.1, 0.15) is 5.75 Å². The SMILES string of the molecule is CCOc1ccc(C(CN)N2CC(C)CC2C)cc1. The highest BCUT2D eigenvalue weighted by Crippen LogP contribution is 2.32. The molecule has 3 nitrogen and oxygen atoms in total. The fraction of sp³-hybridized carbons (Fsp3) is 0.625. The first-order chi connectivity index (χ1) is 9.15. The van der Waals surface area contributed by atoms with Crippen molar-refractivity contribution in [2.24, 2.45) is 11.7 Å². The minimum Gasteiger partial charge on any atom is -0.494 e. The van der Waals surface area contributed by atoms with Gasteiger partial charge in [0, 0.05) is 25.2 Å². The monoisotopic (exact) mass is 262 g/mol. The molecule has 106 valence electrons. The second kappa shape index (κ2) is 6.40. The zero-order valence-corrected chi connectivity index (χ0v) is 12.3. The molecule has 0 aromatic heterocycles. The molecule has 3 heteroatoms. The molecule has 0 bridgehead atoms. The van der Waals surface area contributed by atoms with Gasteiger partial charge in [-0.15, -0.1) is 0 Å². The molecule has 1 heterocycles. The fourth-order valence-electron chi connectivity index (χ4n) is 3.18. The molecule has 1 aliphatic heterocycles. The summed E-state index contributed by atoms with van der Waals surface area (Å²) in [4.78, 5) is 2.54. The van der Waals surface area contributed by atoms with Crippen LogP contribution >= 0.6 is 0 Å². The van der Waals surface area contributed by atoms with Crippen LogP contribution in [-0.2, 0) is 0 Å². The zero-order valence-electron chi connectivity index (χ0n) is 12.3. The first kappa shape index (κ1) is 14.4. The van der Waals surface area contributed by atoms with Gasteiger partial charge in [-0.05, 0) is 43.9 Å². The van der Waals surface area contributed by atoms with Gasteiger partial charge in [0.2, 0.25) is 0 Å². The molecule has 0 aliphatic carbocycles. The molecular formula is C16H26N2O. The first-order valence-electron chi connectivity index (χ1n) is 7.34. The topological polar surface area (TPSA) is 38.5 Å². The van der Waals surface area contributed by atoms with E-state index in [1.165, 1.54) is 12.0 Å². The molecule has 0 amide bonds. The smallest absolute Gasteiger partial charge is 0.119 e. The van der Waals surface area contributed by atoms with Crippen molar-refractivity contribution in [3.8, 4) is 5.75 Å². The highest BCUT2D eigenvalue weighted by molar-refractivity contribution is 5.29. The Balaban J connectivity index is 2.12. The molecule has 2 rings (SSSR count). The number of hydrogen-bond acceptors (Lipinski definition) is 3. The Kier molecular flexibility index (Phi) is 4.83. The third kappa shape index (κ3) is 3.28.